The van der Waals surface area contributed by atoms with E-state index in [4.69, 9.17) is 0 Å². The van der Waals surface area contributed by atoms with Gasteiger partial charge >= 0.3 is 0 Å². The Hall–Kier alpha value is -1.74. The van der Waals surface area contributed by atoms with Gasteiger partial charge in [0.1, 0.15) is 12.2 Å². The second kappa shape index (κ2) is 4.02. The van der Waals surface area contributed by atoms with Crippen LogP contribution in [-0.2, 0) is 16.6 Å². The smallest absolute Gasteiger partial charge is 0.260 e. The van der Waals surface area contributed by atoms with E-state index in [0.717, 1.165) is 4.31 Å². The number of H-pyrrole nitrogens is 2. The van der Waals surface area contributed by atoms with Crippen LogP contribution < -0.4 is 0 Å². The van der Waals surface area contributed by atoms with Gasteiger partial charge in [-0.15, -0.1) is 0 Å². The van der Waals surface area contributed by atoms with Crippen molar-refractivity contribution in [1.82, 2.24) is 29.7 Å². The predicted octanol–water partition coefficient (Wildman–Crippen LogP) is -0.651. The Morgan fingerprint density at radius 1 is 1.38 bits per heavy atom. The Morgan fingerprint density at radius 3 is 2.75 bits per heavy atom. The molecule has 2 aromatic rings. The van der Waals surface area contributed by atoms with Crippen LogP contribution >= 0.6 is 0 Å². The molecule has 16 heavy (non-hydrogen) atoms. The van der Waals surface area contributed by atoms with Gasteiger partial charge in [0.2, 0.25) is 0 Å². The van der Waals surface area contributed by atoms with Crippen molar-refractivity contribution in [1.29, 1.82) is 0 Å². The second-order valence-electron chi connectivity index (χ2n) is 3.11. The fourth-order valence-electron chi connectivity index (χ4n) is 1.16. The lowest BCUT2D eigenvalue weighted by molar-refractivity contribution is 0.454. The van der Waals surface area contributed by atoms with Gasteiger partial charge in [0.05, 0.1) is 12.7 Å². The number of nitrogens with one attached hydrogen (secondary N) is 2. The molecule has 0 atom stereocenters. The first-order valence-electron chi connectivity index (χ1n) is 4.40. The molecule has 8 nitrogen and oxygen atoms in total. The van der Waals surface area contributed by atoms with Crippen LogP contribution in [0.15, 0.2) is 23.6 Å². The van der Waals surface area contributed by atoms with Crippen molar-refractivity contribution in [2.45, 2.75) is 11.6 Å². The highest BCUT2D eigenvalue weighted by Crippen LogP contribution is 2.11. The third kappa shape index (κ3) is 1.95. The highest BCUT2D eigenvalue weighted by molar-refractivity contribution is 7.89. The fraction of sp³-hybridized carbons (Fsp3) is 0.286. The summed E-state index contributed by atoms with van der Waals surface area (Å²) in [6, 6.07) is 1.40. The minimum absolute atomic E-state index is 0.0505. The average molecular weight is 242 g/mol. The lowest BCUT2D eigenvalue weighted by Gasteiger charge is -2.13. The summed E-state index contributed by atoms with van der Waals surface area (Å²) >= 11 is 0. The van der Waals surface area contributed by atoms with E-state index < -0.39 is 10.0 Å². The van der Waals surface area contributed by atoms with Crippen LogP contribution in [0.25, 0.3) is 0 Å². The zero-order valence-electron chi connectivity index (χ0n) is 8.45. The van der Waals surface area contributed by atoms with Crippen molar-refractivity contribution in [2.24, 2.45) is 0 Å². The Bertz CT molecular complexity index is 531. The van der Waals surface area contributed by atoms with E-state index in [9.17, 15) is 8.42 Å². The SMILES string of the molecule is CN(Cc1ncn[nH]1)S(=O)(=O)c1ccn[nH]1. The number of aromatic amines is 2. The van der Waals surface area contributed by atoms with Crippen LogP contribution in [0.3, 0.4) is 0 Å². The Kier molecular flexibility index (Phi) is 2.71. The summed E-state index contributed by atoms with van der Waals surface area (Å²) < 4.78 is 25.0. The molecule has 2 N–H and O–H groups in total. The highest BCUT2D eigenvalue weighted by atomic mass is 32.2. The maximum Gasteiger partial charge on any atom is 0.260 e. The van der Waals surface area contributed by atoms with Crippen LogP contribution in [0.4, 0.5) is 0 Å². The minimum Gasteiger partial charge on any atom is -0.266 e. The van der Waals surface area contributed by atoms with Crippen molar-refractivity contribution in [3.8, 4) is 0 Å². The maximum atomic E-state index is 11.9. The van der Waals surface area contributed by atoms with Crippen molar-refractivity contribution in [2.75, 3.05) is 7.05 Å². The summed E-state index contributed by atoms with van der Waals surface area (Å²) in [7, 11) is -2.09. The molecule has 0 aliphatic carbocycles. The molecular formula is C7H10N6O2S. The zero-order valence-corrected chi connectivity index (χ0v) is 9.27. The predicted molar refractivity (Wildman–Crippen MR) is 53.6 cm³/mol. The molecule has 0 bridgehead atoms. The quantitative estimate of drug-likeness (QED) is 0.740. The molecule has 0 saturated heterocycles. The molecule has 0 unspecified atom stereocenters. The van der Waals surface area contributed by atoms with E-state index in [1.54, 1.807) is 0 Å². The average Bonchev–Trinajstić information content (AvgIpc) is 2.89. The molecule has 2 heterocycles. The number of aromatic nitrogens is 5. The van der Waals surface area contributed by atoms with Gasteiger partial charge in [-0.25, -0.2) is 13.4 Å². The van der Waals surface area contributed by atoms with Crippen LogP contribution in [0.1, 0.15) is 5.82 Å². The molecule has 0 aliphatic heterocycles. The van der Waals surface area contributed by atoms with Crippen LogP contribution in [0.5, 0.6) is 0 Å². The Balaban J connectivity index is 2.19. The molecule has 86 valence electrons. The number of sulfonamides is 1. The lowest BCUT2D eigenvalue weighted by atomic mass is 10.6. The van der Waals surface area contributed by atoms with Crippen LogP contribution in [-0.4, -0.2) is 45.1 Å². The molecule has 0 saturated carbocycles. The van der Waals surface area contributed by atoms with Crippen molar-refractivity contribution < 1.29 is 8.42 Å². The van der Waals surface area contributed by atoms with E-state index in [2.05, 4.69) is 25.4 Å². The number of nitrogens with zero attached hydrogens (tertiary/aromatic N) is 4. The van der Waals surface area contributed by atoms with E-state index in [-0.39, 0.29) is 11.6 Å². The first-order valence-corrected chi connectivity index (χ1v) is 5.84. The van der Waals surface area contributed by atoms with Gasteiger partial charge in [0.25, 0.3) is 10.0 Å². The summed E-state index contributed by atoms with van der Waals surface area (Å²) in [4.78, 5) is 3.85. The van der Waals surface area contributed by atoms with Gasteiger partial charge in [0, 0.05) is 7.05 Å². The number of hydrogen-bond donors (Lipinski definition) is 2. The molecule has 0 amide bonds. The van der Waals surface area contributed by atoms with Crippen molar-refractivity contribution in [3.63, 3.8) is 0 Å². The molecule has 2 rings (SSSR count). The van der Waals surface area contributed by atoms with Gasteiger partial charge in [-0.05, 0) is 6.07 Å². The summed E-state index contributed by atoms with van der Waals surface area (Å²) in [5.74, 6) is 0.477. The van der Waals surface area contributed by atoms with E-state index in [1.807, 2.05) is 0 Å². The van der Waals surface area contributed by atoms with Crippen LogP contribution in [0.2, 0.25) is 0 Å². The van der Waals surface area contributed by atoms with Crippen LogP contribution in [0, 0.1) is 0 Å². The summed E-state index contributed by atoms with van der Waals surface area (Å²) in [5.41, 5.74) is 0. The molecule has 9 heteroatoms. The van der Waals surface area contributed by atoms with E-state index >= 15 is 0 Å². The molecule has 0 aliphatic rings. The zero-order chi connectivity index (χ0) is 11.6. The topological polar surface area (TPSA) is 108 Å². The van der Waals surface area contributed by atoms with Gasteiger partial charge in [-0.2, -0.15) is 14.5 Å². The molecule has 0 spiro atoms. The third-order valence-electron chi connectivity index (χ3n) is 2.00. The highest BCUT2D eigenvalue weighted by Gasteiger charge is 2.22. The van der Waals surface area contributed by atoms with E-state index in [0.29, 0.717) is 5.82 Å². The van der Waals surface area contributed by atoms with Crippen molar-refractivity contribution in [3.05, 3.63) is 24.4 Å². The molecule has 0 fully saturated rings. The van der Waals surface area contributed by atoms with Gasteiger partial charge in [-0.1, -0.05) is 0 Å². The molecule has 2 aromatic heterocycles. The molecular weight excluding hydrogens is 232 g/mol. The second-order valence-corrected chi connectivity index (χ2v) is 5.13. The van der Waals surface area contributed by atoms with Crippen molar-refractivity contribution >= 4 is 10.0 Å². The first kappa shape index (κ1) is 10.8. The lowest BCUT2D eigenvalue weighted by Crippen LogP contribution is -2.27. The monoisotopic (exact) mass is 242 g/mol. The van der Waals surface area contributed by atoms with Gasteiger partial charge < -0.3 is 0 Å². The fourth-order valence-corrected chi connectivity index (χ4v) is 2.19. The van der Waals surface area contributed by atoms with Gasteiger partial charge in [0.15, 0.2) is 5.03 Å². The normalized spacial score (nSPS) is 12.1. The van der Waals surface area contributed by atoms with Gasteiger partial charge in [-0.3, -0.25) is 10.2 Å². The largest absolute Gasteiger partial charge is 0.266 e. The van der Waals surface area contributed by atoms with E-state index in [1.165, 1.54) is 25.6 Å². The number of hydrogen-bond acceptors (Lipinski definition) is 5. The third-order valence-corrected chi connectivity index (χ3v) is 3.73. The minimum atomic E-state index is -3.54. The first-order chi connectivity index (χ1) is 7.60. The standard InChI is InChI=1S/C7H10N6O2S/c1-13(4-6-8-5-10-11-6)16(14,15)7-2-3-9-12-7/h2-3,5H,4H2,1H3,(H,9,12)(H,8,10,11). The summed E-state index contributed by atoms with van der Waals surface area (Å²) in [5, 5.41) is 12.3. The summed E-state index contributed by atoms with van der Waals surface area (Å²) in [6.07, 6.45) is 2.71. The molecule has 0 radical (unpaired) electrons. The maximum absolute atomic E-state index is 11.9. The number of rotatable bonds is 4. The Labute approximate surface area is 91.8 Å². The Morgan fingerprint density at radius 2 is 2.19 bits per heavy atom. The summed E-state index contributed by atoms with van der Waals surface area (Å²) in [6.45, 7) is 0.126. The molecule has 0 aromatic carbocycles.